The van der Waals surface area contributed by atoms with Crippen LogP contribution in [0.2, 0.25) is 5.02 Å². The second-order valence-corrected chi connectivity index (χ2v) is 6.89. The van der Waals surface area contributed by atoms with E-state index < -0.39 is 17.7 Å². The second-order valence-electron chi connectivity index (χ2n) is 5.43. The van der Waals surface area contributed by atoms with Crippen LogP contribution >= 0.6 is 22.9 Å². The lowest BCUT2D eigenvalue weighted by Gasteiger charge is -2.35. The third-order valence-electron chi connectivity index (χ3n) is 3.90. The van der Waals surface area contributed by atoms with E-state index in [4.69, 9.17) is 16.9 Å². The molecule has 3 nitrogen and oxygen atoms in total. The van der Waals surface area contributed by atoms with Gasteiger partial charge in [0.15, 0.2) is 0 Å². The number of nitrogens with zero attached hydrogens (tertiary/aromatic N) is 1. The average molecular weight is 376 g/mol. The molecule has 1 aromatic carbocycles. The predicted octanol–water partition coefficient (Wildman–Crippen LogP) is 4.84. The molecule has 0 aliphatic carbocycles. The number of aryl methyl sites for hydroxylation is 1. The first kappa shape index (κ1) is 18.6. The fraction of sp³-hybridized carbons (Fsp3) is 0.312. The lowest BCUT2D eigenvalue weighted by atomic mass is 9.81. The van der Waals surface area contributed by atoms with Crippen molar-refractivity contribution in [3.05, 3.63) is 50.2 Å². The summed E-state index contributed by atoms with van der Waals surface area (Å²) in [5.74, 6) is -1.64. The predicted molar refractivity (Wildman–Crippen MR) is 85.3 cm³/mol. The quantitative estimate of drug-likeness (QED) is 0.806. The molecule has 8 heteroatoms. The number of nitriles is 1. The molecule has 2 rings (SSSR count). The topological polar surface area (TPSA) is 64.2 Å². The van der Waals surface area contributed by atoms with Crippen LogP contribution in [0.5, 0.6) is 5.75 Å². The van der Waals surface area contributed by atoms with E-state index in [0.717, 1.165) is 6.07 Å². The van der Waals surface area contributed by atoms with Crippen LogP contribution in [0.1, 0.15) is 33.7 Å². The van der Waals surface area contributed by atoms with Crippen LogP contribution in [-0.2, 0) is 5.60 Å². The van der Waals surface area contributed by atoms with Crippen LogP contribution in [0.3, 0.4) is 0 Å². The van der Waals surface area contributed by atoms with Gasteiger partial charge in [0.25, 0.3) is 0 Å². The summed E-state index contributed by atoms with van der Waals surface area (Å²) in [7, 11) is 0. The number of phenols is 1. The zero-order chi connectivity index (χ0) is 18.3. The Hall–Kier alpha value is -1.75. The molecule has 2 N–H and O–H groups in total. The number of aromatic hydroxyl groups is 1. The Morgan fingerprint density at radius 1 is 1.29 bits per heavy atom. The number of rotatable bonds is 3. The molecule has 0 bridgehead atoms. The minimum absolute atomic E-state index is 0.0406. The van der Waals surface area contributed by atoms with Gasteiger partial charge in [-0.15, -0.1) is 11.3 Å². The van der Waals surface area contributed by atoms with E-state index in [1.807, 2.05) is 6.07 Å². The smallest absolute Gasteiger partial charge is 0.422 e. The number of thiophene rings is 1. The maximum Gasteiger partial charge on any atom is 0.422 e. The molecule has 0 aliphatic heterocycles. The number of hydrogen-bond donors (Lipinski definition) is 2. The first-order valence-electron chi connectivity index (χ1n) is 6.81. The fourth-order valence-corrected chi connectivity index (χ4v) is 3.98. The van der Waals surface area contributed by atoms with Gasteiger partial charge in [-0.1, -0.05) is 24.6 Å². The van der Waals surface area contributed by atoms with Gasteiger partial charge in [0, 0.05) is 15.8 Å². The van der Waals surface area contributed by atoms with Crippen molar-refractivity contribution in [3.63, 3.8) is 0 Å². The van der Waals surface area contributed by atoms with E-state index in [1.165, 1.54) is 32.0 Å². The molecule has 0 unspecified atom stereocenters. The third-order valence-corrected chi connectivity index (χ3v) is 5.50. The Bertz CT molecular complexity index is 813. The molecule has 2 atom stereocenters. The van der Waals surface area contributed by atoms with Crippen molar-refractivity contribution in [2.45, 2.75) is 31.5 Å². The maximum absolute atomic E-state index is 13.8. The Morgan fingerprint density at radius 2 is 1.92 bits per heavy atom. The molecular formula is C16H13ClF3NO2S. The zero-order valence-electron chi connectivity index (χ0n) is 12.6. The largest absolute Gasteiger partial charge is 0.508 e. The van der Waals surface area contributed by atoms with Crippen molar-refractivity contribution in [1.82, 2.24) is 0 Å². The number of aliphatic hydroxyl groups is 1. The number of benzene rings is 1. The zero-order valence-corrected chi connectivity index (χ0v) is 14.2. The molecule has 0 saturated carbocycles. The van der Waals surface area contributed by atoms with E-state index in [-0.39, 0.29) is 26.1 Å². The summed E-state index contributed by atoms with van der Waals surface area (Å²) in [6, 6.07) is 6.55. The molecule has 24 heavy (non-hydrogen) atoms. The minimum Gasteiger partial charge on any atom is -0.508 e. The summed E-state index contributed by atoms with van der Waals surface area (Å²) >= 11 is 6.55. The molecule has 0 fully saturated rings. The van der Waals surface area contributed by atoms with E-state index in [9.17, 15) is 23.4 Å². The van der Waals surface area contributed by atoms with Gasteiger partial charge in [0.05, 0.1) is 0 Å². The normalized spacial score (nSPS) is 15.6. The summed E-state index contributed by atoms with van der Waals surface area (Å²) in [4.78, 5) is -0.266. The van der Waals surface area contributed by atoms with E-state index >= 15 is 0 Å². The first-order valence-corrected chi connectivity index (χ1v) is 8.00. The Kier molecular flexibility index (Phi) is 4.86. The number of alkyl halides is 3. The van der Waals surface area contributed by atoms with Gasteiger partial charge in [-0.05, 0) is 36.2 Å². The molecule has 0 amide bonds. The van der Waals surface area contributed by atoms with Gasteiger partial charge in [-0.25, -0.2) is 0 Å². The van der Waals surface area contributed by atoms with Crippen LogP contribution in [0.4, 0.5) is 13.2 Å². The fourth-order valence-electron chi connectivity index (χ4n) is 2.47. The van der Waals surface area contributed by atoms with E-state index in [2.05, 4.69) is 0 Å². The average Bonchev–Trinajstić information content (AvgIpc) is 2.86. The summed E-state index contributed by atoms with van der Waals surface area (Å²) in [6.07, 6.45) is -4.99. The summed E-state index contributed by atoms with van der Waals surface area (Å²) in [6.45, 7) is 2.71. The van der Waals surface area contributed by atoms with E-state index in [1.54, 1.807) is 0 Å². The van der Waals surface area contributed by atoms with Crippen molar-refractivity contribution in [2.24, 2.45) is 0 Å². The molecule has 128 valence electrons. The lowest BCUT2D eigenvalue weighted by molar-refractivity contribution is -0.273. The van der Waals surface area contributed by atoms with Crippen molar-refractivity contribution >= 4 is 22.9 Å². The SMILES string of the molecule is Cc1cc([C@](O)([C@H](C)c2ccc(O)cc2Cl)C(F)(F)F)sc1C#N. The Balaban J connectivity index is 2.65. The van der Waals surface area contributed by atoms with Crippen LogP contribution in [0, 0.1) is 18.3 Å². The van der Waals surface area contributed by atoms with Crippen molar-refractivity contribution in [1.29, 1.82) is 5.26 Å². The molecule has 1 aromatic heterocycles. The molecular weight excluding hydrogens is 363 g/mol. The lowest BCUT2D eigenvalue weighted by Crippen LogP contribution is -2.46. The number of halogens is 4. The minimum atomic E-state index is -4.99. The number of hydrogen-bond acceptors (Lipinski definition) is 4. The maximum atomic E-state index is 13.8. The van der Waals surface area contributed by atoms with Gasteiger partial charge >= 0.3 is 6.18 Å². The summed E-state index contributed by atoms with van der Waals surface area (Å²) in [5, 5.41) is 28.9. The highest BCUT2D eigenvalue weighted by Gasteiger charge is 2.60. The van der Waals surface area contributed by atoms with Crippen LogP contribution in [-0.4, -0.2) is 16.4 Å². The van der Waals surface area contributed by atoms with Gasteiger partial charge in [0.1, 0.15) is 16.7 Å². The highest BCUT2D eigenvalue weighted by Crippen LogP contribution is 2.52. The highest BCUT2D eigenvalue weighted by molar-refractivity contribution is 7.12. The first-order chi connectivity index (χ1) is 11.0. The molecule has 0 spiro atoms. The summed E-state index contributed by atoms with van der Waals surface area (Å²) in [5.41, 5.74) is -2.80. The number of phenolic OH excluding ortho intramolecular Hbond substituents is 1. The summed E-state index contributed by atoms with van der Waals surface area (Å²) < 4.78 is 41.3. The van der Waals surface area contributed by atoms with Gasteiger partial charge < -0.3 is 10.2 Å². The Morgan fingerprint density at radius 3 is 2.38 bits per heavy atom. The van der Waals surface area contributed by atoms with Crippen molar-refractivity contribution in [2.75, 3.05) is 0 Å². The highest BCUT2D eigenvalue weighted by atomic mass is 35.5. The van der Waals surface area contributed by atoms with Gasteiger partial charge in [-0.2, -0.15) is 18.4 Å². The van der Waals surface area contributed by atoms with Crippen molar-refractivity contribution < 1.29 is 23.4 Å². The van der Waals surface area contributed by atoms with Crippen LogP contribution in [0.25, 0.3) is 0 Å². The monoisotopic (exact) mass is 375 g/mol. The van der Waals surface area contributed by atoms with Gasteiger partial charge in [0.2, 0.25) is 5.60 Å². The van der Waals surface area contributed by atoms with Crippen molar-refractivity contribution in [3.8, 4) is 11.8 Å². The van der Waals surface area contributed by atoms with Crippen LogP contribution in [0.15, 0.2) is 24.3 Å². The molecule has 0 radical (unpaired) electrons. The van der Waals surface area contributed by atoms with Crippen LogP contribution < -0.4 is 0 Å². The molecule has 1 heterocycles. The Labute approximate surface area is 145 Å². The second kappa shape index (κ2) is 6.28. The molecule has 2 aromatic rings. The third kappa shape index (κ3) is 2.97. The molecule has 0 saturated heterocycles. The standard InChI is InChI=1S/C16H13ClF3NO2S/c1-8-5-14(24-13(8)7-21)15(23,16(18,19)20)9(2)11-4-3-10(22)6-12(11)17/h3-6,9,22-23H,1-2H3/t9-,15-/m1/s1. The van der Waals surface area contributed by atoms with E-state index in [0.29, 0.717) is 16.9 Å². The molecule has 0 aliphatic rings. The van der Waals surface area contributed by atoms with Gasteiger partial charge in [-0.3, -0.25) is 0 Å².